The minimum absolute atomic E-state index is 0.0268. The first-order valence-corrected chi connectivity index (χ1v) is 6.57. The minimum atomic E-state index is -0.753. The maximum atomic E-state index is 11.8. The van der Waals surface area contributed by atoms with Gasteiger partial charge in [0, 0.05) is 19.8 Å². The van der Waals surface area contributed by atoms with E-state index in [-0.39, 0.29) is 17.7 Å². The van der Waals surface area contributed by atoms with Gasteiger partial charge in [-0.15, -0.1) is 0 Å². The highest BCUT2D eigenvalue weighted by atomic mass is 16.4. The first-order valence-electron chi connectivity index (χ1n) is 6.57. The summed E-state index contributed by atoms with van der Waals surface area (Å²) in [4.78, 5) is 27.0. The van der Waals surface area contributed by atoms with Crippen molar-refractivity contribution < 1.29 is 14.7 Å². The Hall–Kier alpha value is -1.85. The first-order chi connectivity index (χ1) is 9.08. The summed E-state index contributed by atoms with van der Waals surface area (Å²) >= 11 is 0. The Balaban J connectivity index is 1.90. The predicted molar refractivity (Wildman–Crippen MR) is 68.6 cm³/mol. The molecule has 104 valence electrons. The van der Waals surface area contributed by atoms with Crippen LogP contribution in [0.15, 0.2) is 12.5 Å². The maximum absolute atomic E-state index is 11.8. The standard InChI is InChI=1S/C13H19N3O3/c1-16-7-11(15-8-16)12(17)14-6-9-4-2-3-5-10(9)13(18)19/h7-10H,2-6H2,1H3,(H,14,17)(H,18,19). The summed E-state index contributed by atoms with van der Waals surface area (Å²) in [6.07, 6.45) is 6.77. The van der Waals surface area contributed by atoms with E-state index in [1.807, 2.05) is 0 Å². The number of aliphatic carboxylic acids is 1. The van der Waals surface area contributed by atoms with Gasteiger partial charge in [0.15, 0.2) is 0 Å². The molecule has 0 bridgehead atoms. The molecule has 6 heteroatoms. The van der Waals surface area contributed by atoms with Gasteiger partial charge in [0.05, 0.1) is 12.2 Å². The number of aromatic nitrogens is 2. The molecule has 0 spiro atoms. The third-order valence-electron chi connectivity index (χ3n) is 3.69. The van der Waals surface area contributed by atoms with E-state index in [1.54, 1.807) is 24.1 Å². The fourth-order valence-electron chi connectivity index (χ4n) is 2.62. The summed E-state index contributed by atoms with van der Waals surface area (Å²) in [6, 6.07) is 0. The number of hydrogen-bond donors (Lipinski definition) is 2. The number of nitrogens with one attached hydrogen (secondary N) is 1. The SMILES string of the molecule is Cn1cnc(C(=O)NCC2CCCCC2C(=O)O)c1. The molecule has 2 atom stereocenters. The number of aryl methyl sites for hydroxylation is 1. The fraction of sp³-hybridized carbons (Fsp3) is 0.615. The Morgan fingerprint density at radius 1 is 1.47 bits per heavy atom. The van der Waals surface area contributed by atoms with Crippen molar-refractivity contribution in [3.8, 4) is 0 Å². The van der Waals surface area contributed by atoms with Gasteiger partial charge in [-0.1, -0.05) is 12.8 Å². The summed E-state index contributed by atoms with van der Waals surface area (Å²) in [5.41, 5.74) is 0.366. The second kappa shape index (κ2) is 5.86. The number of nitrogens with zero attached hydrogens (tertiary/aromatic N) is 2. The highest BCUT2D eigenvalue weighted by Gasteiger charge is 2.30. The molecule has 1 saturated carbocycles. The molecule has 0 aliphatic heterocycles. The maximum Gasteiger partial charge on any atom is 0.306 e. The van der Waals surface area contributed by atoms with Crippen LogP contribution in [0.3, 0.4) is 0 Å². The molecule has 1 amide bonds. The second-order valence-corrected chi connectivity index (χ2v) is 5.12. The normalized spacial score (nSPS) is 23.0. The lowest BCUT2D eigenvalue weighted by Gasteiger charge is -2.28. The number of carboxylic acids is 1. The van der Waals surface area contributed by atoms with E-state index in [9.17, 15) is 9.59 Å². The number of carbonyl (C=O) groups excluding carboxylic acids is 1. The van der Waals surface area contributed by atoms with E-state index in [2.05, 4.69) is 10.3 Å². The highest BCUT2D eigenvalue weighted by molar-refractivity contribution is 5.92. The van der Waals surface area contributed by atoms with Crippen molar-refractivity contribution in [1.29, 1.82) is 0 Å². The first kappa shape index (κ1) is 13.6. The average Bonchev–Trinajstić information content (AvgIpc) is 2.83. The number of amides is 1. The number of carboxylic acid groups (broad SMARTS) is 1. The van der Waals surface area contributed by atoms with Crippen molar-refractivity contribution in [2.45, 2.75) is 25.7 Å². The van der Waals surface area contributed by atoms with Crippen molar-refractivity contribution in [3.63, 3.8) is 0 Å². The largest absolute Gasteiger partial charge is 0.481 e. The molecule has 0 radical (unpaired) electrons. The average molecular weight is 265 g/mol. The molecule has 2 rings (SSSR count). The summed E-state index contributed by atoms with van der Waals surface area (Å²) < 4.78 is 1.70. The Labute approximate surface area is 111 Å². The van der Waals surface area contributed by atoms with Crippen LogP contribution >= 0.6 is 0 Å². The van der Waals surface area contributed by atoms with Gasteiger partial charge in [-0.2, -0.15) is 0 Å². The molecule has 1 aliphatic rings. The van der Waals surface area contributed by atoms with Gasteiger partial charge in [-0.3, -0.25) is 9.59 Å². The molecular weight excluding hydrogens is 246 g/mol. The zero-order valence-corrected chi connectivity index (χ0v) is 11.0. The van der Waals surface area contributed by atoms with Crippen molar-refractivity contribution >= 4 is 11.9 Å². The van der Waals surface area contributed by atoms with Crippen LogP contribution in [0.1, 0.15) is 36.2 Å². The van der Waals surface area contributed by atoms with Crippen LogP contribution in [0.5, 0.6) is 0 Å². The van der Waals surface area contributed by atoms with Crippen molar-refractivity contribution in [1.82, 2.24) is 14.9 Å². The van der Waals surface area contributed by atoms with Gasteiger partial charge in [-0.05, 0) is 18.8 Å². The molecule has 1 aromatic rings. The monoisotopic (exact) mass is 265 g/mol. The van der Waals surface area contributed by atoms with Gasteiger partial charge in [0.25, 0.3) is 5.91 Å². The zero-order valence-electron chi connectivity index (χ0n) is 11.0. The lowest BCUT2D eigenvalue weighted by Crippen LogP contribution is -2.37. The Kier molecular flexibility index (Phi) is 4.19. The Bertz CT molecular complexity index is 469. The Morgan fingerprint density at radius 2 is 2.21 bits per heavy atom. The van der Waals surface area contributed by atoms with E-state index in [4.69, 9.17) is 5.11 Å². The summed E-state index contributed by atoms with van der Waals surface area (Å²) in [5.74, 6) is -1.30. The molecule has 0 saturated heterocycles. The van der Waals surface area contributed by atoms with Gasteiger partial charge in [0.1, 0.15) is 5.69 Å². The molecule has 1 aliphatic carbocycles. The van der Waals surface area contributed by atoms with Gasteiger partial charge < -0.3 is 15.0 Å². The van der Waals surface area contributed by atoms with E-state index >= 15 is 0 Å². The molecule has 19 heavy (non-hydrogen) atoms. The number of hydrogen-bond acceptors (Lipinski definition) is 3. The highest BCUT2D eigenvalue weighted by Crippen LogP contribution is 2.29. The predicted octanol–water partition coefficient (Wildman–Crippen LogP) is 1.04. The van der Waals surface area contributed by atoms with Crippen LogP contribution in [0.2, 0.25) is 0 Å². The number of carbonyl (C=O) groups is 2. The summed E-state index contributed by atoms with van der Waals surface area (Å²) in [6.45, 7) is 0.409. The third kappa shape index (κ3) is 3.33. The zero-order chi connectivity index (χ0) is 13.8. The molecule has 2 N–H and O–H groups in total. The van der Waals surface area contributed by atoms with E-state index in [1.165, 1.54) is 0 Å². The molecule has 1 aromatic heterocycles. The van der Waals surface area contributed by atoms with E-state index < -0.39 is 5.97 Å². The van der Waals surface area contributed by atoms with Gasteiger partial charge >= 0.3 is 5.97 Å². The third-order valence-corrected chi connectivity index (χ3v) is 3.69. The second-order valence-electron chi connectivity index (χ2n) is 5.12. The van der Waals surface area contributed by atoms with Crippen LogP contribution < -0.4 is 5.32 Å². The molecular formula is C13H19N3O3. The summed E-state index contributed by atoms with van der Waals surface area (Å²) in [7, 11) is 1.80. The van der Waals surface area contributed by atoms with Crippen molar-refractivity contribution in [3.05, 3.63) is 18.2 Å². The Morgan fingerprint density at radius 3 is 2.84 bits per heavy atom. The van der Waals surface area contributed by atoms with Crippen LogP contribution in [0.4, 0.5) is 0 Å². The van der Waals surface area contributed by atoms with Gasteiger partial charge in [-0.25, -0.2) is 4.98 Å². The van der Waals surface area contributed by atoms with E-state index in [0.29, 0.717) is 18.7 Å². The number of imidazole rings is 1. The molecule has 2 unspecified atom stereocenters. The quantitative estimate of drug-likeness (QED) is 0.852. The lowest BCUT2D eigenvalue weighted by molar-refractivity contribution is -0.144. The van der Waals surface area contributed by atoms with Crippen LogP contribution in [-0.2, 0) is 11.8 Å². The lowest BCUT2D eigenvalue weighted by atomic mass is 9.79. The van der Waals surface area contributed by atoms with Crippen molar-refractivity contribution in [2.75, 3.05) is 6.54 Å². The molecule has 0 aromatic carbocycles. The minimum Gasteiger partial charge on any atom is -0.481 e. The van der Waals surface area contributed by atoms with Crippen LogP contribution in [0, 0.1) is 11.8 Å². The van der Waals surface area contributed by atoms with Gasteiger partial charge in [0.2, 0.25) is 0 Å². The fourth-order valence-corrected chi connectivity index (χ4v) is 2.62. The van der Waals surface area contributed by atoms with Crippen molar-refractivity contribution in [2.24, 2.45) is 18.9 Å². The molecule has 1 heterocycles. The number of rotatable bonds is 4. The smallest absolute Gasteiger partial charge is 0.306 e. The molecule has 1 fully saturated rings. The van der Waals surface area contributed by atoms with Crippen LogP contribution in [-0.4, -0.2) is 33.1 Å². The van der Waals surface area contributed by atoms with Crippen LogP contribution in [0.25, 0.3) is 0 Å². The topological polar surface area (TPSA) is 84.2 Å². The van der Waals surface area contributed by atoms with E-state index in [0.717, 1.165) is 19.3 Å². The summed E-state index contributed by atoms with van der Waals surface area (Å²) in [5, 5.41) is 12.0. The molecule has 6 nitrogen and oxygen atoms in total.